The Hall–Kier alpha value is -1.51. The van der Waals surface area contributed by atoms with Crippen molar-refractivity contribution in [3.05, 3.63) is 18.2 Å². The van der Waals surface area contributed by atoms with E-state index in [0.717, 1.165) is 23.6 Å². The van der Waals surface area contributed by atoms with Crippen molar-refractivity contribution >= 4 is 23.8 Å². The molecule has 0 spiro atoms. The summed E-state index contributed by atoms with van der Waals surface area (Å²) >= 11 is 0. The smallest absolute Gasteiger partial charge is 0.0855 e. The molecule has 1 rings (SSSR count). The van der Waals surface area contributed by atoms with Crippen molar-refractivity contribution in [1.82, 2.24) is 0 Å². The third-order valence-corrected chi connectivity index (χ3v) is 1.56. The fourth-order valence-electron chi connectivity index (χ4n) is 1.02. The zero-order valence-electron chi connectivity index (χ0n) is 7.17. The largest absolute Gasteiger partial charge is 0.399 e. The Labute approximate surface area is 72.3 Å². The van der Waals surface area contributed by atoms with Gasteiger partial charge in [0.15, 0.2) is 0 Å². The minimum absolute atomic E-state index is 0.735. The van der Waals surface area contributed by atoms with Gasteiger partial charge in [0.25, 0.3) is 0 Å². The SMILES string of the molecule is C=Nc1ccc(N)cc1NCC. The molecular weight excluding hydrogens is 150 g/mol. The van der Waals surface area contributed by atoms with Crippen molar-refractivity contribution in [2.45, 2.75) is 6.92 Å². The van der Waals surface area contributed by atoms with Gasteiger partial charge in [-0.2, -0.15) is 0 Å². The summed E-state index contributed by atoms with van der Waals surface area (Å²) in [6.07, 6.45) is 0. The second kappa shape index (κ2) is 3.76. The van der Waals surface area contributed by atoms with Gasteiger partial charge in [-0.25, -0.2) is 0 Å². The van der Waals surface area contributed by atoms with E-state index in [2.05, 4.69) is 17.0 Å². The van der Waals surface area contributed by atoms with E-state index in [1.54, 1.807) is 0 Å². The molecule has 3 N–H and O–H groups in total. The van der Waals surface area contributed by atoms with Crippen molar-refractivity contribution in [3.8, 4) is 0 Å². The molecule has 0 unspecified atom stereocenters. The summed E-state index contributed by atoms with van der Waals surface area (Å²) in [6.45, 7) is 6.35. The number of anilines is 2. The van der Waals surface area contributed by atoms with Crippen molar-refractivity contribution in [1.29, 1.82) is 0 Å². The zero-order valence-corrected chi connectivity index (χ0v) is 7.17. The van der Waals surface area contributed by atoms with Crippen LogP contribution >= 0.6 is 0 Å². The van der Waals surface area contributed by atoms with Gasteiger partial charge in [0.05, 0.1) is 11.4 Å². The number of nitrogens with two attached hydrogens (primary N) is 1. The third-order valence-electron chi connectivity index (χ3n) is 1.56. The van der Waals surface area contributed by atoms with Gasteiger partial charge >= 0.3 is 0 Å². The highest BCUT2D eigenvalue weighted by molar-refractivity contribution is 5.71. The second-order valence-electron chi connectivity index (χ2n) is 2.47. The predicted molar refractivity (Wildman–Crippen MR) is 54.2 cm³/mol. The van der Waals surface area contributed by atoms with Crippen LogP contribution in [0, 0.1) is 0 Å². The highest BCUT2D eigenvalue weighted by Crippen LogP contribution is 2.26. The average Bonchev–Trinajstić information content (AvgIpc) is 2.05. The zero-order chi connectivity index (χ0) is 8.97. The van der Waals surface area contributed by atoms with Gasteiger partial charge in [-0.3, -0.25) is 4.99 Å². The lowest BCUT2D eigenvalue weighted by Crippen LogP contribution is -1.97. The molecule has 0 aliphatic heterocycles. The van der Waals surface area contributed by atoms with E-state index in [1.807, 2.05) is 25.1 Å². The Morgan fingerprint density at radius 2 is 2.33 bits per heavy atom. The number of aliphatic imine (C=N–C) groups is 1. The van der Waals surface area contributed by atoms with Crippen molar-refractivity contribution in [2.24, 2.45) is 4.99 Å². The molecule has 0 aliphatic rings. The van der Waals surface area contributed by atoms with Gasteiger partial charge in [0.1, 0.15) is 0 Å². The van der Waals surface area contributed by atoms with Gasteiger partial charge < -0.3 is 11.1 Å². The van der Waals surface area contributed by atoms with Crippen LogP contribution in [0.2, 0.25) is 0 Å². The maximum absolute atomic E-state index is 5.61. The second-order valence-corrected chi connectivity index (χ2v) is 2.47. The molecule has 0 heterocycles. The van der Waals surface area contributed by atoms with Crippen molar-refractivity contribution in [2.75, 3.05) is 17.6 Å². The molecule has 3 nitrogen and oxygen atoms in total. The summed E-state index contributed by atoms with van der Waals surface area (Å²) < 4.78 is 0. The van der Waals surface area contributed by atoms with Crippen molar-refractivity contribution in [3.63, 3.8) is 0 Å². The molecule has 12 heavy (non-hydrogen) atoms. The Morgan fingerprint density at radius 3 is 2.92 bits per heavy atom. The summed E-state index contributed by atoms with van der Waals surface area (Å²) in [7, 11) is 0. The Morgan fingerprint density at radius 1 is 1.58 bits per heavy atom. The molecule has 0 aromatic heterocycles. The van der Waals surface area contributed by atoms with Gasteiger partial charge in [0.2, 0.25) is 0 Å². The molecule has 0 bridgehead atoms. The molecule has 0 amide bonds. The van der Waals surface area contributed by atoms with Crippen LogP contribution in [0.1, 0.15) is 6.92 Å². The molecule has 1 aromatic rings. The summed E-state index contributed by atoms with van der Waals surface area (Å²) in [5, 5.41) is 3.15. The number of rotatable bonds is 3. The first-order chi connectivity index (χ1) is 5.77. The number of nitrogens with zero attached hydrogens (tertiary/aromatic N) is 1. The lowest BCUT2D eigenvalue weighted by atomic mass is 10.2. The fraction of sp³-hybridized carbons (Fsp3) is 0.222. The van der Waals surface area contributed by atoms with Gasteiger partial charge in [-0.05, 0) is 31.8 Å². The third kappa shape index (κ3) is 1.75. The van der Waals surface area contributed by atoms with Gasteiger partial charge in [-0.15, -0.1) is 0 Å². The summed E-state index contributed by atoms with van der Waals surface area (Å²) in [5.41, 5.74) is 8.12. The van der Waals surface area contributed by atoms with Crippen LogP contribution in [0.4, 0.5) is 17.1 Å². The minimum Gasteiger partial charge on any atom is -0.399 e. The standard InChI is InChI=1S/C9H13N3/c1-3-12-9-6-7(10)4-5-8(9)11-2/h4-6,12H,2-3,10H2,1H3. The molecule has 0 fully saturated rings. The Kier molecular flexibility index (Phi) is 2.69. The molecule has 64 valence electrons. The molecule has 0 atom stereocenters. The van der Waals surface area contributed by atoms with E-state index < -0.39 is 0 Å². The number of nitrogens with one attached hydrogen (secondary N) is 1. The first-order valence-corrected chi connectivity index (χ1v) is 3.88. The van der Waals surface area contributed by atoms with Crippen LogP contribution in [0.3, 0.4) is 0 Å². The number of hydrogen-bond donors (Lipinski definition) is 2. The minimum atomic E-state index is 0.735. The van der Waals surface area contributed by atoms with Crippen molar-refractivity contribution < 1.29 is 0 Å². The van der Waals surface area contributed by atoms with E-state index in [1.165, 1.54) is 0 Å². The summed E-state index contributed by atoms with van der Waals surface area (Å²) in [6, 6.07) is 5.51. The van der Waals surface area contributed by atoms with Crippen LogP contribution in [0.5, 0.6) is 0 Å². The highest BCUT2D eigenvalue weighted by Gasteiger charge is 1.98. The van der Waals surface area contributed by atoms with E-state index >= 15 is 0 Å². The predicted octanol–water partition coefficient (Wildman–Crippen LogP) is 2.03. The van der Waals surface area contributed by atoms with Crippen LogP contribution < -0.4 is 11.1 Å². The number of nitrogen functional groups attached to an aromatic ring is 1. The normalized spacial score (nSPS) is 9.42. The lowest BCUT2D eigenvalue weighted by molar-refractivity contribution is 1.21. The van der Waals surface area contributed by atoms with E-state index in [9.17, 15) is 0 Å². The maximum atomic E-state index is 5.61. The molecule has 1 aromatic carbocycles. The molecule has 0 radical (unpaired) electrons. The summed E-state index contributed by atoms with van der Waals surface area (Å²) in [5.74, 6) is 0. The first kappa shape index (κ1) is 8.59. The van der Waals surface area contributed by atoms with E-state index in [0.29, 0.717) is 0 Å². The molecular formula is C9H13N3. The van der Waals surface area contributed by atoms with Gasteiger partial charge in [0, 0.05) is 12.2 Å². The van der Waals surface area contributed by atoms with Crippen LogP contribution in [-0.2, 0) is 0 Å². The lowest BCUT2D eigenvalue weighted by Gasteiger charge is -2.06. The van der Waals surface area contributed by atoms with Crippen LogP contribution in [-0.4, -0.2) is 13.3 Å². The van der Waals surface area contributed by atoms with E-state index in [-0.39, 0.29) is 0 Å². The Balaban J connectivity index is 3.03. The van der Waals surface area contributed by atoms with Crippen LogP contribution in [0.25, 0.3) is 0 Å². The number of benzene rings is 1. The number of hydrogen-bond acceptors (Lipinski definition) is 3. The van der Waals surface area contributed by atoms with Gasteiger partial charge in [-0.1, -0.05) is 0 Å². The first-order valence-electron chi connectivity index (χ1n) is 3.88. The molecule has 0 saturated carbocycles. The molecule has 0 aliphatic carbocycles. The molecule has 0 saturated heterocycles. The highest BCUT2D eigenvalue weighted by atomic mass is 14.9. The Bertz CT molecular complexity index is 281. The molecule has 3 heteroatoms. The topological polar surface area (TPSA) is 50.4 Å². The van der Waals surface area contributed by atoms with Crippen LogP contribution in [0.15, 0.2) is 23.2 Å². The monoisotopic (exact) mass is 163 g/mol. The van der Waals surface area contributed by atoms with E-state index in [4.69, 9.17) is 5.73 Å². The quantitative estimate of drug-likeness (QED) is 0.529. The summed E-state index contributed by atoms with van der Waals surface area (Å²) in [4.78, 5) is 3.86. The average molecular weight is 163 g/mol. The fourth-order valence-corrected chi connectivity index (χ4v) is 1.02. The maximum Gasteiger partial charge on any atom is 0.0855 e.